The summed E-state index contributed by atoms with van der Waals surface area (Å²) in [4.78, 5) is 26.0. The molecular formula is C23H25N5O2S2. The molecule has 0 unspecified atom stereocenters. The molecule has 0 aliphatic rings. The Morgan fingerprint density at radius 2 is 1.91 bits per heavy atom. The zero-order valence-electron chi connectivity index (χ0n) is 18.0. The van der Waals surface area contributed by atoms with Gasteiger partial charge < -0.3 is 15.2 Å². The molecule has 32 heavy (non-hydrogen) atoms. The number of hydrogen-bond donors (Lipinski definition) is 2. The van der Waals surface area contributed by atoms with Crippen LogP contribution < -0.4 is 10.6 Å². The van der Waals surface area contributed by atoms with Gasteiger partial charge in [-0.15, -0.1) is 28.5 Å². The van der Waals surface area contributed by atoms with E-state index in [0.717, 1.165) is 21.8 Å². The number of carbonyl (C=O) groups is 2. The van der Waals surface area contributed by atoms with Crippen LogP contribution in [-0.2, 0) is 22.6 Å². The average Bonchev–Trinajstić information content (AvgIpc) is 3.15. The van der Waals surface area contributed by atoms with Crippen molar-refractivity contribution in [1.82, 2.24) is 14.8 Å². The number of anilines is 2. The van der Waals surface area contributed by atoms with E-state index in [1.807, 2.05) is 61.7 Å². The normalized spacial score (nSPS) is 10.6. The topological polar surface area (TPSA) is 88.9 Å². The third-order valence-electron chi connectivity index (χ3n) is 4.53. The minimum Gasteiger partial charge on any atom is -0.326 e. The molecule has 0 aliphatic carbocycles. The van der Waals surface area contributed by atoms with Crippen LogP contribution in [0.1, 0.15) is 11.4 Å². The molecule has 3 aromatic rings. The van der Waals surface area contributed by atoms with Gasteiger partial charge in [0.15, 0.2) is 5.16 Å². The fraction of sp³-hybridized carbons (Fsp3) is 0.217. The smallest absolute Gasteiger partial charge is 0.234 e. The minimum absolute atomic E-state index is 0.0697. The third-order valence-corrected chi connectivity index (χ3v) is 6.22. The number of para-hydroxylation sites is 1. The number of nitrogens with one attached hydrogen (secondary N) is 2. The highest BCUT2D eigenvalue weighted by atomic mass is 32.2. The molecule has 0 atom stereocenters. The van der Waals surface area contributed by atoms with Crippen LogP contribution in [0.3, 0.4) is 0 Å². The summed E-state index contributed by atoms with van der Waals surface area (Å²) < 4.78 is 1.80. The highest BCUT2D eigenvalue weighted by molar-refractivity contribution is 7.99. The summed E-state index contributed by atoms with van der Waals surface area (Å²) in [6.45, 7) is 6.16. The van der Waals surface area contributed by atoms with Crippen LogP contribution in [-0.4, -0.2) is 38.6 Å². The summed E-state index contributed by atoms with van der Waals surface area (Å²) in [6.07, 6.45) is 3.77. The predicted octanol–water partition coefficient (Wildman–Crippen LogP) is 4.41. The van der Waals surface area contributed by atoms with E-state index in [4.69, 9.17) is 0 Å². The molecule has 2 aromatic carbocycles. The standard InChI is InChI=1S/C23H25N5O2S2/c1-4-12-28-20(14-21(29)24-17-9-7-10-18(13-17)31-3)26-27-23(28)32-15-22(30)25-19-11-6-5-8-16(19)2/h4-11,13H,1,12,14-15H2,2-3H3,(H,24,29)(H,25,30). The van der Waals surface area contributed by atoms with Gasteiger partial charge in [0.05, 0.1) is 12.2 Å². The lowest BCUT2D eigenvalue weighted by molar-refractivity contribution is -0.116. The minimum atomic E-state index is -0.185. The first kappa shape index (κ1) is 23.6. The van der Waals surface area contributed by atoms with Crippen molar-refractivity contribution in [3.05, 3.63) is 72.6 Å². The van der Waals surface area contributed by atoms with Crippen LogP contribution in [0.15, 0.2) is 71.2 Å². The molecule has 0 fully saturated rings. The Hall–Kier alpha value is -3.04. The van der Waals surface area contributed by atoms with Gasteiger partial charge >= 0.3 is 0 Å². The molecule has 9 heteroatoms. The number of benzene rings is 2. The summed E-state index contributed by atoms with van der Waals surface area (Å²) in [7, 11) is 0. The van der Waals surface area contributed by atoms with E-state index in [0.29, 0.717) is 17.5 Å². The van der Waals surface area contributed by atoms with E-state index in [9.17, 15) is 9.59 Å². The first-order valence-corrected chi connectivity index (χ1v) is 12.2. The largest absolute Gasteiger partial charge is 0.326 e. The molecule has 2 amide bonds. The van der Waals surface area contributed by atoms with Crippen molar-refractivity contribution in [3.63, 3.8) is 0 Å². The second kappa shape index (κ2) is 11.5. The molecule has 166 valence electrons. The maximum Gasteiger partial charge on any atom is 0.234 e. The van der Waals surface area contributed by atoms with E-state index in [1.165, 1.54) is 11.8 Å². The Morgan fingerprint density at radius 3 is 2.66 bits per heavy atom. The number of allylic oxidation sites excluding steroid dienone is 1. The number of aromatic nitrogens is 3. The van der Waals surface area contributed by atoms with Crippen LogP contribution >= 0.6 is 23.5 Å². The SMILES string of the molecule is C=CCn1c(CC(=O)Nc2cccc(SC)c2)nnc1SCC(=O)Nc1ccccc1C. The fourth-order valence-electron chi connectivity index (χ4n) is 2.95. The number of nitrogens with zero attached hydrogens (tertiary/aromatic N) is 3. The highest BCUT2D eigenvalue weighted by Gasteiger charge is 2.16. The van der Waals surface area contributed by atoms with E-state index < -0.39 is 0 Å². The molecule has 0 saturated heterocycles. The zero-order valence-corrected chi connectivity index (χ0v) is 19.6. The number of amides is 2. The van der Waals surface area contributed by atoms with Crippen LogP contribution in [0.25, 0.3) is 0 Å². The quantitative estimate of drug-likeness (QED) is 0.339. The molecule has 1 aromatic heterocycles. The Bertz CT molecular complexity index is 1110. The number of rotatable bonds is 10. The van der Waals surface area contributed by atoms with Gasteiger partial charge in [-0.2, -0.15) is 0 Å². The van der Waals surface area contributed by atoms with E-state index in [2.05, 4.69) is 27.4 Å². The molecule has 2 N–H and O–H groups in total. The lowest BCUT2D eigenvalue weighted by atomic mass is 10.2. The monoisotopic (exact) mass is 467 g/mol. The summed E-state index contributed by atoms with van der Waals surface area (Å²) in [5.41, 5.74) is 2.52. The first-order chi connectivity index (χ1) is 15.5. The van der Waals surface area contributed by atoms with E-state index in [-0.39, 0.29) is 24.0 Å². The molecule has 0 saturated carbocycles. The van der Waals surface area contributed by atoms with E-state index >= 15 is 0 Å². The van der Waals surface area contributed by atoms with Crippen LogP contribution in [0.4, 0.5) is 11.4 Å². The zero-order chi connectivity index (χ0) is 22.9. The second-order valence-electron chi connectivity index (χ2n) is 6.91. The Labute approximate surface area is 196 Å². The number of aryl methyl sites for hydroxylation is 1. The van der Waals surface area contributed by atoms with Gasteiger partial charge in [-0.25, -0.2) is 0 Å². The van der Waals surface area contributed by atoms with E-state index in [1.54, 1.807) is 22.4 Å². The van der Waals surface area contributed by atoms with Gasteiger partial charge in [-0.05, 0) is 43.0 Å². The van der Waals surface area contributed by atoms with Crippen molar-refractivity contribution in [2.75, 3.05) is 22.6 Å². The predicted molar refractivity (Wildman–Crippen MR) is 131 cm³/mol. The van der Waals surface area contributed by atoms with Crippen LogP contribution in [0.2, 0.25) is 0 Å². The molecule has 3 rings (SSSR count). The van der Waals surface area contributed by atoms with Gasteiger partial charge in [0.1, 0.15) is 5.82 Å². The molecule has 7 nitrogen and oxygen atoms in total. The molecule has 0 aliphatic heterocycles. The van der Waals surface area contributed by atoms with Gasteiger partial charge in [0.2, 0.25) is 11.8 Å². The van der Waals surface area contributed by atoms with Crippen molar-refractivity contribution < 1.29 is 9.59 Å². The van der Waals surface area contributed by atoms with Crippen molar-refractivity contribution in [1.29, 1.82) is 0 Å². The van der Waals surface area contributed by atoms with Crippen LogP contribution in [0, 0.1) is 6.92 Å². The Kier molecular flexibility index (Phi) is 8.52. The van der Waals surface area contributed by atoms with Gasteiger partial charge in [0.25, 0.3) is 0 Å². The summed E-state index contributed by atoms with van der Waals surface area (Å²) >= 11 is 2.88. The Balaban J connectivity index is 1.62. The number of thioether (sulfide) groups is 2. The Morgan fingerprint density at radius 1 is 1.09 bits per heavy atom. The third kappa shape index (κ3) is 6.48. The second-order valence-corrected chi connectivity index (χ2v) is 8.73. The van der Waals surface area contributed by atoms with Crippen LogP contribution in [0.5, 0.6) is 0 Å². The van der Waals surface area contributed by atoms with Crippen molar-refractivity contribution in [2.24, 2.45) is 0 Å². The summed E-state index contributed by atoms with van der Waals surface area (Å²) in [5, 5.41) is 14.7. The summed E-state index contributed by atoms with van der Waals surface area (Å²) in [5.74, 6) is 0.377. The van der Waals surface area contributed by atoms with Crippen molar-refractivity contribution in [2.45, 2.75) is 29.9 Å². The maximum atomic E-state index is 12.6. The lowest BCUT2D eigenvalue weighted by Gasteiger charge is -2.10. The van der Waals surface area contributed by atoms with Gasteiger partial charge in [-0.1, -0.05) is 42.1 Å². The molecule has 1 heterocycles. The average molecular weight is 468 g/mol. The number of hydrogen-bond acceptors (Lipinski definition) is 6. The highest BCUT2D eigenvalue weighted by Crippen LogP contribution is 2.21. The number of carbonyl (C=O) groups excluding carboxylic acids is 2. The molecular weight excluding hydrogens is 442 g/mol. The molecule has 0 bridgehead atoms. The van der Waals surface area contributed by atoms with Crippen molar-refractivity contribution in [3.8, 4) is 0 Å². The molecule has 0 radical (unpaired) electrons. The lowest BCUT2D eigenvalue weighted by Crippen LogP contribution is -2.18. The summed E-state index contributed by atoms with van der Waals surface area (Å²) in [6, 6.07) is 15.3. The first-order valence-electron chi connectivity index (χ1n) is 9.95. The van der Waals surface area contributed by atoms with Gasteiger partial charge in [0, 0.05) is 22.8 Å². The molecule has 0 spiro atoms. The maximum absolute atomic E-state index is 12.6. The van der Waals surface area contributed by atoms with Gasteiger partial charge in [-0.3, -0.25) is 9.59 Å². The fourth-order valence-corrected chi connectivity index (χ4v) is 4.17. The van der Waals surface area contributed by atoms with Crippen molar-refractivity contribution >= 4 is 46.7 Å².